The van der Waals surface area contributed by atoms with Gasteiger partial charge in [0.2, 0.25) is 15.9 Å². The second-order valence-corrected chi connectivity index (χ2v) is 7.56. The van der Waals surface area contributed by atoms with Crippen LogP contribution in [0.2, 0.25) is 5.02 Å². The van der Waals surface area contributed by atoms with E-state index < -0.39 is 26.9 Å². The van der Waals surface area contributed by atoms with Crippen molar-refractivity contribution in [2.45, 2.75) is 17.9 Å². The second kappa shape index (κ2) is 8.33. The summed E-state index contributed by atoms with van der Waals surface area (Å²) in [6, 6.07) is 8.04. The van der Waals surface area contributed by atoms with Gasteiger partial charge in [0.15, 0.2) is 0 Å². The number of rotatable bonds is 7. The molecule has 0 heterocycles. The Kier molecular flexibility index (Phi) is 6.37. The van der Waals surface area contributed by atoms with Gasteiger partial charge in [-0.25, -0.2) is 8.42 Å². The summed E-state index contributed by atoms with van der Waals surface area (Å²) in [5.41, 5.74) is -0.0263. The molecule has 0 radical (unpaired) electrons. The topological polar surface area (TPSA) is 128 Å². The molecule has 0 bridgehead atoms. The zero-order valence-corrected chi connectivity index (χ0v) is 15.9. The fourth-order valence-electron chi connectivity index (χ4n) is 2.12. The minimum absolute atomic E-state index is 0.106. The molecule has 2 rings (SSSR count). The van der Waals surface area contributed by atoms with Crippen LogP contribution in [0.25, 0.3) is 0 Å². The molecular formula is C16H16ClN3O6S. The average Bonchev–Trinajstić information content (AvgIpc) is 2.61. The lowest BCUT2D eigenvalue weighted by Gasteiger charge is -2.15. The van der Waals surface area contributed by atoms with E-state index in [1.807, 2.05) is 0 Å². The van der Waals surface area contributed by atoms with Crippen molar-refractivity contribution in [3.63, 3.8) is 0 Å². The van der Waals surface area contributed by atoms with E-state index in [9.17, 15) is 23.3 Å². The fourth-order valence-corrected chi connectivity index (χ4v) is 3.67. The third-order valence-corrected chi connectivity index (χ3v) is 5.32. The number of amides is 1. The second-order valence-electron chi connectivity index (χ2n) is 5.44. The Balaban J connectivity index is 2.12. The van der Waals surface area contributed by atoms with Gasteiger partial charge in [0, 0.05) is 17.8 Å². The highest BCUT2D eigenvalue weighted by Gasteiger charge is 2.23. The zero-order valence-electron chi connectivity index (χ0n) is 14.3. The number of nitrogens with zero attached hydrogens (tertiary/aromatic N) is 1. The molecule has 9 nitrogen and oxygen atoms in total. The summed E-state index contributed by atoms with van der Waals surface area (Å²) in [5.74, 6) is -0.370. The van der Waals surface area contributed by atoms with Crippen LogP contribution in [0.1, 0.15) is 6.92 Å². The van der Waals surface area contributed by atoms with Gasteiger partial charge in [-0.05, 0) is 31.2 Å². The predicted octanol–water partition coefficient (Wildman–Crippen LogP) is 2.56. The predicted molar refractivity (Wildman–Crippen MR) is 99.5 cm³/mol. The van der Waals surface area contributed by atoms with Crippen molar-refractivity contribution in [2.24, 2.45) is 0 Å². The molecule has 144 valence electrons. The molecule has 0 aliphatic heterocycles. The average molecular weight is 414 g/mol. The molecule has 11 heteroatoms. The van der Waals surface area contributed by atoms with Gasteiger partial charge < -0.3 is 10.1 Å². The van der Waals surface area contributed by atoms with Crippen LogP contribution in [0.4, 0.5) is 11.4 Å². The van der Waals surface area contributed by atoms with E-state index in [0.29, 0.717) is 5.75 Å². The number of nitro benzene ring substituents is 1. The van der Waals surface area contributed by atoms with Crippen molar-refractivity contribution < 1.29 is 22.9 Å². The summed E-state index contributed by atoms with van der Waals surface area (Å²) in [6.07, 6.45) is 0. The molecule has 2 aromatic rings. The summed E-state index contributed by atoms with van der Waals surface area (Å²) < 4.78 is 32.0. The number of non-ortho nitro benzene ring substituents is 1. The number of carbonyl (C=O) groups is 1. The summed E-state index contributed by atoms with van der Waals surface area (Å²) in [4.78, 5) is 22.3. The quantitative estimate of drug-likeness (QED) is 0.530. The highest BCUT2D eigenvalue weighted by atomic mass is 35.5. The molecule has 0 spiro atoms. The molecule has 0 unspecified atom stereocenters. The summed E-state index contributed by atoms with van der Waals surface area (Å²) >= 11 is 5.93. The number of anilines is 1. The zero-order chi connectivity index (χ0) is 20.2. The molecule has 0 saturated carbocycles. The Hall–Kier alpha value is -2.69. The number of carbonyl (C=O) groups excluding carboxylic acids is 1. The molecule has 0 aromatic heterocycles. The minimum Gasteiger partial charge on any atom is -0.495 e. The number of ether oxygens (including phenoxy) is 1. The van der Waals surface area contributed by atoms with Crippen LogP contribution in [0.3, 0.4) is 0 Å². The van der Waals surface area contributed by atoms with Crippen molar-refractivity contribution >= 4 is 38.9 Å². The first-order chi connectivity index (χ1) is 12.6. The first kappa shape index (κ1) is 20.6. The highest BCUT2D eigenvalue weighted by molar-refractivity contribution is 7.89. The molecule has 2 aromatic carbocycles. The number of halogens is 1. The van der Waals surface area contributed by atoms with Gasteiger partial charge in [0.25, 0.3) is 5.69 Å². The van der Waals surface area contributed by atoms with Gasteiger partial charge in [-0.3, -0.25) is 14.9 Å². The van der Waals surface area contributed by atoms with E-state index in [1.54, 1.807) is 0 Å². The molecule has 2 N–H and O–H groups in total. The first-order valence-electron chi connectivity index (χ1n) is 7.55. The Morgan fingerprint density at radius 2 is 1.96 bits per heavy atom. The summed E-state index contributed by atoms with van der Waals surface area (Å²) in [5, 5.41) is 13.3. The van der Waals surface area contributed by atoms with E-state index >= 15 is 0 Å². The molecule has 0 fully saturated rings. The van der Waals surface area contributed by atoms with Gasteiger partial charge in [0.05, 0.1) is 28.0 Å². The van der Waals surface area contributed by atoms with Crippen LogP contribution in [0, 0.1) is 10.1 Å². The molecule has 0 saturated heterocycles. The number of nitro groups is 1. The number of hydrogen-bond donors (Lipinski definition) is 2. The molecular weight excluding hydrogens is 398 g/mol. The molecule has 27 heavy (non-hydrogen) atoms. The van der Waals surface area contributed by atoms with Crippen LogP contribution in [0.15, 0.2) is 47.4 Å². The smallest absolute Gasteiger partial charge is 0.271 e. The van der Waals surface area contributed by atoms with Crippen molar-refractivity contribution in [1.82, 2.24) is 4.72 Å². The summed E-state index contributed by atoms with van der Waals surface area (Å²) in [7, 11) is -2.63. The van der Waals surface area contributed by atoms with Crippen molar-refractivity contribution in [3.8, 4) is 5.75 Å². The number of hydrogen-bond acceptors (Lipinski definition) is 6. The lowest BCUT2D eigenvalue weighted by atomic mass is 10.2. The molecule has 1 amide bonds. The van der Waals surface area contributed by atoms with E-state index in [0.717, 1.165) is 0 Å². The number of methoxy groups -OCH3 is 1. The van der Waals surface area contributed by atoms with Crippen LogP contribution in [-0.2, 0) is 14.8 Å². The first-order valence-corrected chi connectivity index (χ1v) is 9.41. The van der Waals surface area contributed by atoms with Gasteiger partial charge in [-0.2, -0.15) is 4.72 Å². The van der Waals surface area contributed by atoms with Crippen LogP contribution in [-0.4, -0.2) is 32.4 Å². The number of sulfonamides is 1. The minimum atomic E-state index is -4.02. The Labute approximate surface area is 160 Å². The molecule has 0 aliphatic carbocycles. The number of nitrogens with one attached hydrogen (secondary N) is 2. The third-order valence-electron chi connectivity index (χ3n) is 3.48. The maximum absolute atomic E-state index is 12.4. The van der Waals surface area contributed by atoms with Gasteiger partial charge in [-0.15, -0.1) is 0 Å². The van der Waals surface area contributed by atoms with Crippen molar-refractivity contribution in [2.75, 3.05) is 12.4 Å². The fraction of sp³-hybridized carbons (Fsp3) is 0.188. The van der Waals surface area contributed by atoms with Crippen LogP contribution in [0.5, 0.6) is 5.75 Å². The Bertz CT molecular complexity index is 980. The maximum atomic E-state index is 12.4. The van der Waals surface area contributed by atoms with Crippen molar-refractivity contribution in [1.29, 1.82) is 0 Å². The lowest BCUT2D eigenvalue weighted by Crippen LogP contribution is -2.41. The summed E-state index contributed by atoms with van der Waals surface area (Å²) in [6.45, 7) is 1.34. The Morgan fingerprint density at radius 1 is 1.26 bits per heavy atom. The number of benzene rings is 2. The van der Waals surface area contributed by atoms with Gasteiger partial charge in [0.1, 0.15) is 5.75 Å². The standard InChI is InChI=1S/C16H16ClN3O6S/c1-10(16(21)18-11-4-3-5-12(8-11)20(22)23)19-27(24,25)13-6-7-15(26-2)14(17)9-13/h3-10,19H,1-2H3,(H,18,21)/t10-/m1/s1. The van der Waals surface area contributed by atoms with E-state index in [-0.39, 0.29) is 21.3 Å². The molecule has 1 atom stereocenters. The lowest BCUT2D eigenvalue weighted by molar-refractivity contribution is -0.384. The van der Waals surface area contributed by atoms with Crippen LogP contribution >= 0.6 is 11.6 Å². The molecule has 0 aliphatic rings. The van der Waals surface area contributed by atoms with E-state index in [2.05, 4.69) is 10.0 Å². The SMILES string of the molecule is COc1ccc(S(=O)(=O)N[C@H](C)C(=O)Nc2cccc([N+](=O)[O-])c2)cc1Cl. The third kappa shape index (κ3) is 5.16. The van der Waals surface area contributed by atoms with Gasteiger partial charge >= 0.3 is 0 Å². The maximum Gasteiger partial charge on any atom is 0.271 e. The Morgan fingerprint density at radius 3 is 2.56 bits per heavy atom. The highest BCUT2D eigenvalue weighted by Crippen LogP contribution is 2.27. The monoisotopic (exact) mass is 413 g/mol. The van der Waals surface area contributed by atoms with E-state index in [4.69, 9.17) is 16.3 Å². The normalized spacial score (nSPS) is 12.3. The van der Waals surface area contributed by atoms with Crippen LogP contribution < -0.4 is 14.8 Å². The van der Waals surface area contributed by atoms with E-state index in [1.165, 1.54) is 56.5 Å². The van der Waals surface area contributed by atoms with Crippen molar-refractivity contribution in [3.05, 3.63) is 57.6 Å². The van der Waals surface area contributed by atoms with Gasteiger partial charge in [-0.1, -0.05) is 17.7 Å². The largest absolute Gasteiger partial charge is 0.495 e.